The van der Waals surface area contributed by atoms with Gasteiger partial charge < -0.3 is 10.1 Å². The van der Waals surface area contributed by atoms with Gasteiger partial charge >= 0.3 is 0 Å². The molecule has 4 rings (SSSR count). The van der Waals surface area contributed by atoms with Crippen molar-refractivity contribution in [3.63, 3.8) is 0 Å². The number of imide groups is 1. The molecule has 0 spiro atoms. The summed E-state index contributed by atoms with van der Waals surface area (Å²) in [5, 5.41) is 5.35. The molecule has 7 heteroatoms. The minimum atomic E-state index is -0.448. The Morgan fingerprint density at radius 2 is 1.87 bits per heavy atom. The summed E-state index contributed by atoms with van der Waals surface area (Å²) in [5.74, 6) is -0.160. The Morgan fingerprint density at radius 1 is 1.03 bits per heavy atom. The van der Waals surface area contributed by atoms with Crippen LogP contribution in [0.3, 0.4) is 0 Å². The molecule has 0 atom stereocenters. The van der Waals surface area contributed by atoms with Gasteiger partial charge in [-0.2, -0.15) is 0 Å². The second-order valence-electron chi connectivity index (χ2n) is 6.63. The number of nitrogens with zero attached hydrogens (tertiary/aromatic N) is 1. The molecule has 152 valence electrons. The Morgan fingerprint density at radius 3 is 2.60 bits per heavy atom. The van der Waals surface area contributed by atoms with E-state index in [-0.39, 0.29) is 5.70 Å². The number of hydrogen-bond acceptors (Lipinski definition) is 5. The molecular weight excluding hydrogens is 420 g/mol. The summed E-state index contributed by atoms with van der Waals surface area (Å²) in [7, 11) is 0. The molecule has 1 aliphatic heterocycles. The Labute approximate surface area is 183 Å². The summed E-state index contributed by atoms with van der Waals surface area (Å²) < 4.78 is 5.68. The van der Waals surface area contributed by atoms with Gasteiger partial charge in [0.15, 0.2) is 0 Å². The molecule has 1 aliphatic rings. The third-order valence-corrected chi connectivity index (χ3v) is 5.73. The SMILES string of the molecule is CCCOc1cccc(NC2=C(c3cccs3)C(=O)N(c3ccccc3Cl)C2=O)c1. The van der Waals surface area contributed by atoms with Gasteiger partial charge in [0.25, 0.3) is 11.8 Å². The number of ether oxygens (including phenoxy) is 1. The molecule has 0 aliphatic carbocycles. The number of anilines is 2. The molecule has 1 N–H and O–H groups in total. The second kappa shape index (κ2) is 8.73. The van der Waals surface area contributed by atoms with E-state index in [1.165, 1.54) is 11.3 Å². The average Bonchev–Trinajstić information content (AvgIpc) is 3.35. The van der Waals surface area contributed by atoms with E-state index in [9.17, 15) is 9.59 Å². The van der Waals surface area contributed by atoms with Gasteiger partial charge in [-0.25, -0.2) is 4.90 Å². The zero-order valence-electron chi connectivity index (χ0n) is 16.2. The number of amides is 2. The highest BCUT2D eigenvalue weighted by Gasteiger charge is 2.41. The first-order chi connectivity index (χ1) is 14.6. The lowest BCUT2D eigenvalue weighted by Gasteiger charge is -2.16. The standard InChI is InChI=1S/C23H19ClN2O3S/c1-2-12-29-16-8-5-7-15(14-16)25-21-20(19-11-6-13-30-19)22(27)26(23(21)28)18-10-4-3-9-17(18)24/h3-11,13-14,25H,2,12H2,1H3. The molecule has 3 aromatic rings. The van der Waals surface area contributed by atoms with Crippen LogP contribution in [0, 0.1) is 0 Å². The number of hydrogen-bond donors (Lipinski definition) is 1. The van der Waals surface area contributed by atoms with E-state index in [2.05, 4.69) is 5.32 Å². The molecule has 0 saturated heterocycles. The van der Waals surface area contributed by atoms with Crippen molar-refractivity contribution < 1.29 is 14.3 Å². The number of benzene rings is 2. The lowest BCUT2D eigenvalue weighted by molar-refractivity contribution is -0.120. The van der Waals surface area contributed by atoms with Gasteiger partial charge in [0.1, 0.15) is 11.4 Å². The van der Waals surface area contributed by atoms with Crippen LogP contribution >= 0.6 is 22.9 Å². The Balaban J connectivity index is 1.74. The van der Waals surface area contributed by atoms with Crippen LogP contribution in [-0.2, 0) is 9.59 Å². The van der Waals surface area contributed by atoms with Crippen molar-refractivity contribution in [3.05, 3.63) is 81.6 Å². The smallest absolute Gasteiger partial charge is 0.282 e. The number of carbonyl (C=O) groups is 2. The lowest BCUT2D eigenvalue weighted by atomic mass is 10.2. The first-order valence-corrected chi connectivity index (χ1v) is 10.8. The second-order valence-corrected chi connectivity index (χ2v) is 7.98. The van der Waals surface area contributed by atoms with Crippen molar-refractivity contribution in [3.8, 4) is 5.75 Å². The monoisotopic (exact) mass is 438 g/mol. The fourth-order valence-electron chi connectivity index (χ4n) is 3.17. The maximum Gasteiger partial charge on any atom is 0.282 e. The van der Waals surface area contributed by atoms with Crippen LogP contribution in [-0.4, -0.2) is 18.4 Å². The molecule has 1 aromatic heterocycles. The number of nitrogens with one attached hydrogen (secondary N) is 1. The van der Waals surface area contributed by atoms with E-state index in [0.29, 0.717) is 39.2 Å². The minimum Gasteiger partial charge on any atom is -0.494 e. The molecule has 30 heavy (non-hydrogen) atoms. The molecule has 5 nitrogen and oxygen atoms in total. The van der Waals surface area contributed by atoms with E-state index in [0.717, 1.165) is 11.3 Å². The first-order valence-electron chi connectivity index (χ1n) is 9.51. The largest absolute Gasteiger partial charge is 0.494 e. The maximum atomic E-state index is 13.3. The number of rotatable bonds is 7. The van der Waals surface area contributed by atoms with Gasteiger partial charge in [-0.1, -0.05) is 42.8 Å². The lowest BCUT2D eigenvalue weighted by Crippen LogP contribution is -2.32. The van der Waals surface area contributed by atoms with Crippen molar-refractivity contribution in [1.29, 1.82) is 0 Å². The summed E-state index contributed by atoms with van der Waals surface area (Å²) >= 11 is 7.69. The highest BCUT2D eigenvalue weighted by Crippen LogP contribution is 2.38. The molecule has 0 saturated carbocycles. The van der Waals surface area contributed by atoms with Gasteiger partial charge in [-0.05, 0) is 42.1 Å². The fourth-order valence-corrected chi connectivity index (χ4v) is 4.16. The van der Waals surface area contributed by atoms with Crippen molar-refractivity contribution in [2.75, 3.05) is 16.8 Å². The average molecular weight is 439 g/mol. The van der Waals surface area contributed by atoms with Crippen LogP contribution in [0.4, 0.5) is 11.4 Å². The first kappa shape index (κ1) is 20.2. The van der Waals surface area contributed by atoms with Crippen LogP contribution in [0.1, 0.15) is 18.2 Å². The third-order valence-electron chi connectivity index (χ3n) is 4.52. The van der Waals surface area contributed by atoms with Gasteiger partial charge in [0, 0.05) is 16.6 Å². The number of halogens is 1. The van der Waals surface area contributed by atoms with E-state index in [1.54, 1.807) is 24.3 Å². The topological polar surface area (TPSA) is 58.6 Å². The van der Waals surface area contributed by atoms with Crippen LogP contribution in [0.15, 0.2) is 71.7 Å². The summed E-state index contributed by atoms with van der Waals surface area (Å²) in [6, 6.07) is 17.8. The van der Waals surface area contributed by atoms with E-state index in [4.69, 9.17) is 16.3 Å². The molecule has 0 radical (unpaired) electrons. The highest BCUT2D eigenvalue weighted by molar-refractivity contribution is 7.11. The summed E-state index contributed by atoms with van der Waals surface area (Å²) in [4.78, 5) is 28.5. The fraction of sp³-hybridized carbons (Fsp3) is 0.130. The zero-order chi connectivity index (χ0) is 21.1. The normalized spacial score (nSPS) is 13.9. The van der Waals surface area contributed by atoms with Gasteiger partial charge in [0.2, 0.25) is 0 Å². The molecule has 0 unspecified atom stereocenters. The number of para-hydroxylation sites is 1. The Kier molecular flexibility index (Phi) is 5.88. The van der Waals surface area contributed by atoms with Crippen molar-refractivity contribution in [1.82, 2.24) is 0 Å². The molecular formula is C23H19ClN2O3S. The number of thiophene rings is 1. The molecule has 2 aromatic carbocycles. The molecule has 2 amide bonds. The van der Waals surface area contributed by atoms with Crippen LogP contribution in [0.2, 0.25) is 5.02 Å². The highest BCUT2D eigenvalue weighted by atomic mass is 35.5. The van der Waals surface area contributed by atoms with Crippen LogP contribution in [0.25, 0.3) is 5.57 Å². The Bertz CT molecular complexity index is 1120. The van der Waals surface area contributed by atoms with Gasteiger partial charge in [0.05, 0.1) is 22.9 Å². The van der Waals surface area contributed by atoms with Crippen LogP contribution in [0.5, 0.6) is 5.75 Å². The van der Waals surface area contributed by atoms with Crippen molar-refractivity contribution >= 4 is 51.7 Å². The predicted octanol–water partition coefficient (Wildman–Crippen LogP) is 5.59. The maximum absolute atomic E-state index is 13.3. The third kappa shape index (κ3) is 3.84. The van der Waals surface area contributed by atoms with Gasteiger partial charge in [-0.15, -0.1) is 11.3 Å². The minimum absolute atomic E-state index is 0.218. The predicted molar refractivity (Wildman–Crippen MR) is 121 cm³/mol. The molecule has 2 heterocycles. The van der Waals surface area contributed by atoms with Crippen molar-refractivity contribution in [2.45, 2.75) is 13.3 Å². The Hall–Kier alpha value is -3.09. The quantitative estimate of drug-likeness (QED) is 0.489. The molecule has 0 fully saturated rings. The zero-order valence-corrected chi connectivity index (χ0v) is 17.8. The molecule has 0 bridgehead atoms. The van der Waals surface area contributed by atoms with E-state index < -0.39 is 11.8 Å². The van der Waals surface area contributed by atoms with Crippen LogP contribution < -0.4 is 15.0 Å². The van der Waals surface area contributed by atoms with E-state index >= 15 is 0 Å². The summed E-state index contributed by atoms with van der Waals surface area (Å²) in [6.07, 6.45) is 0.894. The summed E-state index contributed by atoms with van der Waals surface area (Å²) in [5.41, 5.74) is 1.57. The summed E-state index contributed by atoms with van der Waals surface area (Å²) in [6.45, 7) is 2.64. The van der Waals surface area contributed by atoms with E-state index in [1.807, 2.05) is 48.7 Å². The van der Waals surface area contributed by atoms with Gasteiger partial charge in [-0.3, -0.25) is 9.59 Å². The number of carbonyl (C=O) groups excluding carboxylic acids is 2. The van der Waals surface area contributed by atoms with Crippen molar-refractivity contribution in [2.24, 2.45) is 0 Å².